The molecular formula is C15H15ClFNO2. The fourth-order valence-corrected chi connectivity index (χ4v) is 1.73. The molecule has 0 aliphatic carbocycles. The first-order chi connectivity index (χ1) is 9.66. The highest BCUT2D eigenvalue weighted by atomic mass is 35.5. The maximum atomic E-state index is 13.2. The second kappa shape index (κ2) is 7.01. The summed E-state index contributed by atoms with van der Waals surface area (Å²) in [5.41, 5.74) is 6.35. The largest absolute Gasteiger partial charge is 0.493 e. The standard InChI is InChI=1S/C15H15ClFNO2/c16-12-7-6-11(10-13(12)17)19-8-3-9-20-15-5-2-1-4-14(15)18/h1-2,4-7,10H,3,8-9,18H2. The predicted molar refractivity (Wildman–Crippen MR) is 77.9 cm³/mol. The molecule has 5 heteroatoms. The molecule has 0 atom stereocenters. The summed E-state index contributed by atoms with van der Waals surface area (Å²) in [5.74, 6) is 0.619. The zero-order valence-electron chi connectivity index (χ0n) is 10.8. The average molecular weight is 296 g/mol. The number of benzene rings is 2. The van der Waals surface area contributed by atoms with Gasteiger partial charge in [-0.2, -0.15) is 0 Å². The van der Waals surface area contributed by atoms with E-state index in [4.69, 9.17) is 26.8 Å². The lowest BCUT2D eigenvalue weighted by Gasteiger charge is -2.09. The molecule has 2 aromatic carbocycles. The molecule has 3 nitrogen and oxygen atoms in total. The maximum absolute atomic E-state index is 13.2. The van der Waals surface area contributed by atoms with E-state index >= 15 is 0 Å². The van der Waals surface area contributed by atoms with Crippen molar-refractivity contribution in [3.05, 3.63) is 53.3 Å². The van der Waals surface area contributed by atoms with Crippen molar-refractivity contribution in [2.24, 2.45) is 0 Å². The Labute approximate surface area is 122 Å². The van der Waals surface area contributed by atoms with Gasteiger partial charge in [-0.1, -0.05) is 23.7 Å². The van der Waals surface area contributed by atoms with Crippen LogP contribution in [0.1, 0.15) is 6.42 Å². The molecule has 2 rings (SSSR count). The number of rotatable bonds is 6. The second-order valence-electron chi connectivity index (χ2n) is 4.16. The highest BCUT2D eigenvalue weighted by Gasteiger charge is 2.02. The van der Waals surface area contributed by atoms with Crippen LogP contribution in [0, 0.1) is 5.82 Å². The van der Waals surface area contributed by atoms with E-state index < -0.39 is 5.82 Å². The average Bonchev–Trinajstić information content (AvgIpc) is 2.44. The molecule has 0 aliphatic heterocycles. The molecule has 0 fully saturated rings. The lowest BCUT2D eigenvalue weighted by Crippen LogP contribution is -2.06. The van der Waals surface area contributed by atoms with Crippen LogP contribution in [-0.2, 0) is 0 Å². The quantitative estimate of drug-likeness (QED) is 0.649. The van der Waals surface area contributed by atoms with Gasteiger partial charge in [-0.15, -0.1) is 0 Å². The van der Waals surface area contributed by atoms with Crippen LogP contribution in [0.25, 0.3) is 0 Å². The van der Waals surface area contributed by atoms with Gasteiger partial charge in [0.05, 0.1) is 23.9 Å². The molecular weight excluding hydrogens is 281 g/mol. The fraction of sp³-hybridized carbons (Fsp3) is 0.200. The Morgan fingerprint density at radius 3 is 2.55 bits per heavy atom. The van der Waals surface area contributed by atoms with E-state index in [2.05, 4.69) is 0 Å². The third-order valence-electron chi connectivity index (χ3n) is 2.63. The van der Waals surface area contributed by atoms with Crippen molar-refractivity contribution in [1.29, 1.82) is 0 Å². The van der Waals surface area contributed by atoms with Crippen LogP contribution in [0.5, 0.6) is 11.5 Å². The summed E-state index contributed by atoms with van der Waals surface area (Å²) in [6, 6.07) is 11.7. The molecule has 0 saturated carbocycles. The van der Waals surface area contributed by atoms with Crippen LogP contribution < -0.4 is 15.2 Å². The summed E-state index contributed by atoms with van der Waals surface area (Å²) >= 11 is 5.58. The Morgan fingerprint density at radius 2 is 1.80 bits per heavy atom. The van der Waals surface area contributed by atoms with Crippen molar-refractivity contribution >= 4 is 17.3 Å². The maximum Gasteiger partial charge on any atom is 0.145 e. The van der Waals surface area contributed by atoms with Crippen molar-refractivity contribution in [3.63, 3.8) is 0 Å². The van der Waals surface area contributed by atoms with Crippen molar-refractivity contribution in [2.45, 2.75) is 6.42 Å². The number of nitrogens with two attached hydrogens (primary N) is 1. The SMILES string of the molecule is Nc1ccccc1OCCCOc1ccc(Cl)c(F)c1. The van der Waals surface area contributed by atoms with Crippen molar-refractivity contribution in [3.8, 4) is 11.5 Å². The highest BCUT2D eigenvalue weighted by Crippen LogP contribution is 2.21. The summed E-state index contributed by atoms with van der Waals surface area (Å²) < 4.78 is 24.1. The predicted octanol–water partition coefficient (Wildman–Crippen LogP) is 3.91. The molecule has 106 valence electrons. The van der Waals surface area contributed by atoms with E-state index in [0.29, 0.717) is 36.8 Å². The first-order valence-electron chi connectivity index (χ1n) is 6.22. The zero-order chi connectivity index (χ0) is 14.4. The Bertz CT molecular complexity index is 578. The topological polar surface area (TPSA) is 44.5 Å². The van der Waals surface area contributed by atoms with E-state index in [9.17, 15) is 4.39 Å². The van der Waals surface area contributed by atoms with Gasteiger partial charge in [0.25, 0.3) is 0 Å². The molecule has 2 N–H and O–H groups in total. The summed E-state index contributed by atoms with van der Waals surface area (Å²) in [6.45, 7) is 0.901. The van der Waals surface area contributed by atoms with Gasteiger partial charge < -0.3 is 15.2 Å². The second-order valence-corrected chi connectivity index (χ2v) is 4.57. The monoisotopic (exact) mass is 295 g/mol. The van der Waals surface area contributed by atoms with Gasteiger partial charge in [-0.25, -0.2) is 4.39 Å². The molecule has 0 unspecified atom stereocenters. The number of hydrogen-bond acceptors (Lipinski definition) is 3. The van der Waals surface area contributed by atoms with Crippen LogP contribution in [0.3, 0.4) is 0 Å². The number of para-hydroxylation sites is 2. The van der Waals surface area contributed by atoms with E-state index in [-0.39, 0.29) is 5.02 Å². The van der Waals surface area contributed by atoms with Crippen LogP contribution in [0.2, 0.25) is 5.02 Å². The van der Waals surface area contributed by atoms with Crippen LogP contribution >= 0.6 is 11.6 Å². The summed E-state index contributed by atoms with van der Waals surface area (Å²) in [4.78, 5) is 0. The summed E-state index contributed by atoms with van der Waals surface area (Å²) in [6.07, 6.45) is 0.665. The third kappa shape index (κ3) is 4.03. The number of halogens is 2. The van der Waals surface area contributed by atoms with E-state index in [1.54, 1.807) is 12.1 Å². The number of nitrogen functional groups attached to an aromatic ring is 1. The van der Waals surface area contributed by atoms with Gasteiger partial charge in [0.15, 0.2) is 0 Å². The highest BCUT2D eigenvalue weighted by molar-refractivity contribution is 6.30. The lowest BCUT2D eigenvalue weighted by molar-refractivity contribution is 0.247. The first-order valence-corrected chi connectivity index (χ1v) is 6.60. The van der Waals surface area contributed by atoms with Gasteiger partial charge in [-0.05, 0) is 24.3 Å². The van der Waals surface area contributed by atoms with Crippen molar-refractivity contribution in [2.75, 3.05) is 18.9 Å². The molecule has 0 spiro atoms. The molecule has 0 heterocycles. The van der Waals surface area contributed by atoms with E-state index in [1.807, 2.05) is 18.2 Å². The van der Waals surface area contributed by atoms with Gasteiger partial charge in [0.2, 0.25) is 0 Å². The van der Waals surface area contributed by atoms with Crippen LogP contribution in [-0.4, -0.2) is 13.2 Å². The Morgan fingerprint density at radius 1 is 1.05 bits per heavy atom. The van der Waals surface area contributed by atoms with Crippen molar-refractivity contribution < 1.29 is 13.9 Å². The van der Waals surface area contributed by atoms with Crippen molar-refractivity contribution in [1.82, 2.24) is 0 Å². The smallest absolute Gasteiger partial charge is 0.145 e. The molecule has 0 radical (unpaired) electrons. The molecule has 0 saturated heterocycles. The minimum atomic E-state index is -0.488. The van der Waals surface area contributed by atoms with E-state index in [1.165, 1.54) is 12.1 Å². The fourth-order valence-electron chi connectivity index (χ4n) is 1.61. The number of hydrogen-bond donors (Lipinski definition) is 1. The first kappa shape index (κ1) is 14.5. The van der Waals surface area contributed by atoms with Gasteiger partial charge in [0.1, 0.15) is 17.3 Å². The summed E-state index contributed by atoms with van der Waals surface area (Å²) in [7, 11) is 0. The van der Waals surface area contributed by atoms with Gasteiger partial charge in [0, 0.05) is 12.5 Å². The number of anilines is 1. The Kier molecular flexibility index (Phi) is 5.07. The third-order valence-corrected chi connectivity index (χ3v) is 2.93. The van der Waals surface area contributed by atoms with E-state index in [0.717, 1.165) is 0 Å². The Hall–Kier alpha value is -1.94. The number of ether oxygens (including phenoxy) is 2. The molecule has 0 aliphatic rings. The molecule has 0 bridgehead atoms. The van der Waals surface area contributed by atoms with Crippen LogP contribution in [0.4, 0.5) is 10.1 Å². The van der Waals surface area contributed by atoms with Gasteiger partial charge in [-0.3, -0.25) is 0 Å². The minimum Gasteiger partial charge on any atom is -0.493 e. The minimum absolute atomic E-state index is 0.0836. The molecule has 0 amide bonds. The Balaban J connectivity index is 1.71. The molecule has 20 heavy (non-hydrogen) atoms. The lowest BCUT2D eigenvalue weighted by atomic mass is 10.3. The van der Waals surface area contributed by atoms with Crippen LogP contribution in [0.15, 0.2) is 42.5 Å². The normalized spacial score (nSPS) is 10.3. The molecule has 0 aromatic heterocycles. The molecule has 2 aromatic rings. The zero-order valence-corrected chi connectivity index (χ0v) is 11.6. The van der Waals surface area contributed by atoms with Gasteiger partial charge >= 0.3 is 0 Å². The summed E-state index contributed by atoms with van der Waals surface area (Å²) in [5, 5.41) is 0.0836.